The Kier molecular flexibility index (Phi) is 1.95. The van der Waals surface area contributed by atoms with E-state index in [0.29, 0.717) is 0 Å². The van der Waals surface area contributed by atoms with Crippen LogP contribution in [0.15, 0.2) is 65.3 Å². The van der Waals surface area contributed by atoms with Gasteiger partial charge in [-0.25, -0.2) is 0 Å². The Morgan fingerprint density at radius 1 is 0.722 bits per heavy atom. The fraction of sp³-hybridized carbons (Fsp3) is 0.0588. The van der Waals surface area contributed by atoms with Crippen LogP contribution in [0.3, 0.4) is 0 Å². The SMILES string of the molecule is c1coc(-c2cccc3c2Cc2ccccc2-3)c1. The maximum absolute atomic E-state index is 5.54. The first-order valence-corrected chi connectivity index (χ1v) is 6.17. The van der Waals surface area contributed by atoms with Gasteiger partial charge in [0, 0.05) is 5.56 Å². The second-order valence-corrected chi connectivity index (χ2v) is 4.64. The fourth-order valence-corrected chi connectivity index (χ4v) is 2.82. The Labute approximate surface area is 106 Å². The molecule has 0 N–H and O–H groups in total. The minimum Gasteiger partial charge on any atom is -0.464 e. The van der Waals surface area contributed by atoms with Gasteiger partial charge < -0.3 is 4.42 Å². The molecule has 18 heavy (non-hydrogen) atoms. The number of rotatable bonds is 1. The maximum atomic E-state index is 5.54. The third kappa shape index (κ3) is 1.28. The van der Waals surface area contributed by atoms with Crippen LogP contribution in [0.1, 0.15) is 11.1 Å². The molecule has 0 radical (unpaired) electrons. The third-order valence-electron chi connectivity index (χ3n) is 3.64. The molecule has 2 aromatic carbocycles. The van der Waals surface area contributed by atoms with Crippen molar-refractivity contribution in [1.82, 2.24) is 0 Å². The van der Waals surface area contributed by atoms with Crippen LogP contribution in [-0.2, 0) is 6.42 Å². The normalized spacial score (nSPS) is 12.2. The molecule has 1 heteroatoms. The fourth-order valence-electron chi connectivity index (χ4n) is 2.82. The van der Waals surface area contributed by atoms with Gasteiger partial charge in [0.1, 0.15) is 5.76 Å². The number of furan rings is 1. The molecule has 0 aliphatic heterocycles. The van der Waals surface area contributed by atoms with Crippen molar-refractivity contribution in [1.29, 1.82) is 0 Å². The molecule has 0 saturated carbocycles. The van der Waals surface area contributed by atoms with E-state index in [-0.39, 0.29) is 0 Å². The Morgan fingerprint density at radius 2 is 1.56 bits per heavy atom. The average Bonchev–Trinajstić information content (AvgIpc) is 3.05. The van der Waals surface area contributed by atoms with Gasteiger partial charge in [0.2, 0.25) is 0 Å². The molecule has 86 valence electrons. The molecule has 0 bridgehead atoms. The van der Waals surface area contributed by atoms with Gasteiger partial charge in [-0.15, -0.1) is 0 Å². The van der Waals surface area contributed by atoms with Crippen molar-refractivity contribution in [3.05, 3.63) is 72.0 Å². The summed E-state index contributed by atoms with van der Waals surface area (Å²) in [4.78, 5) is 0. The first-order valence-electron chi connectivity index (χ1n) is 6.17. The molecule has 4 rings (SSSR count). The largest absolute Gasteiger partial charge is 0.464 e. The second-order valence-electron chi connectivity index (χ2n) is 4.64. The smallest absolute Gasteiger partial charge is 0.134 e. The number of hydrogen-bond acceptors (Lipinski definition) is 1. The summed E-state index contributed by atoms with van der Waals surface area (Å²) >= 11 is 0. The van der Waals surface area contributed by atoms with Gasteiger partial charge in [0.25, 0.3) is 0 Å². The lowest BCUT2D eigenvalue weighted by molar-refractivity contribution is 0.582. The second kappa shape index (κ2) is 3.61. The zero-order valence-electron chi connectivity index (χ0n) is 9.89. The summed E-state index contributed by atoms with van der Waals surface area (Å²) in [6.45, 7) is 0. The Hall–Kier alpha value is -2.28. The minimum atomic E-state index is 0.958. The monoisotopic (exact) mass is 232 g/mol. The van der Waals surface area contributed by atoms with Crippen LogP contribution < -0.4 is 0 Å². The van der Waals surface area contributed by atoms with Crippen LogP contribution >= 0.6 is 0 Å². The predicted octanol–water partition coefficient (Wildman–Crippen LogP) is 4.52. The van der Waals surface area contributed by atoms with Crippen molar-refractivity contribution in [3.8, 4) is 22.5 Å². The van der Waals surface area contributed by atoms with Crippen molar-refractivity contribution in [3.63, 3.8) is 0 Å². The highest BCUT2D eigenvalue weighted by atomic mass is 16.3. The number of hydrogen-bond donors (Lipinski definition) is 0. The zero-order valence-corrected chi connectivity index (χ0v) is 9.89. The van der Waals surface area contributed by atoms with Crippen LogP contribution in [0.4, 0.5) is 0 Å². The van der Waals surface area contributed by atoms with Crippen LogP contribution in [0.2, 0.25) is 0 Å². The van der Waals surface area contributed by atoms with E-state index in [1.54, 1.807) is 6.26 Å². The lowest BCUT2D eigenvalue weighted by Gasteiger charge is -2.05. The lowest BCUT2D eigenvalue weighted by Crippen LogP contribution is -1.85. The highest BCUT2D eigenvalue weighted by Gasteiger charge is 2.21. The molecule has 0 fully saturated rings. The maximum Gasteiger partial charge on any atom is 0.134 e. The zero-order chi connectivity index (χ0) is 11.9. The van der Waals surface area contributed by atoms with E-state index in [9.17, 15) is 0 Å². The van der Waals surface area contributed by atoms with E-state index >= 15 is 0 Å². The van der Waals surface area contributed by atoms with E-state index in [2.05, 4.69) is 42.5 Å². The van der Waals surface area contributed by atoms with Crippen LogP contribution in [-0.4, -0.2) is 0 Å². The molecule has 0 atom stereocenters. The van der Waals surface area contributed by atoms with Crippen molar-refractivity contribution < 1.29 is 4.42 Å². The number of fused-ring (bicyclic) bond motifs is 3. The van der Waals surface area contributed by atoms with E-state index in [1.165, 1.54) is 27.8 Å². The third-order valence-corrected chi connectivity index (χ3v) is 3.64. The van der Waals surface area contributed by atoms with Crippen LogP contribution in [0.5, 0.6) is 0 Å². The van der Waals surface area contributed by atoms with Crippen molar-refractivity contribution in [2.75, 3.05) is 0 Å². The highest BCUT2D eigenvalue weighted by molar-refractivity contribution is 5.83. The standard InChI is InChI=1S/C17H12O/c1-2-6-13-12(5-1)11-16-14(13)7-3-8-15(16)17-9-4-10-18-17/h1-10H,11H2. The average molecular weight is 232 g/mol. The first kappa shape index (κ1) is 9.72. The van der Waals surface area contributed by atoms with E-state index in [4.69, 9.17) is 4.42 Å². The van der Waals surface area contributed by atoms with Gasteiger partial charge in [-0.05, 0) is 40.8 Å². The summed E-state index contributed by atoms with van der Waals surface area (Å²) in [5.41, 5.74) is 6.72. The molecule has 3 aromatic rings. The Morgan fingerprint density at radius 3 is 2.44 bits per heavy atom. The molecule has 1 nitrogen and oxygen atoms in total. The Balaban J connectivity index is 1.97. The predicted molar refractivity (Wildman–Crippen MR) is 72.4 cm³/mol. The van der Waals surface area contributed by atoms with Crippen LogP contribution in [0, 0.1) is 0 Å². The molecule has 0 saturated heterocycles. The molecular formula is C17H12O. The highest BCUT2D eigenvalue weighted by Crippen LogP contribution is 2.41. The minimum absolute atomic E-state index is 0.958. The summed E-state index contributed by atoms with van der Waals surface area (Å²) in [6, 6.07) is 19.0. The summed E-state index contributed by atoms with van der Waals surface area (Å²) in [5.74, 6) is 0.958. The quantitative estimate of drug-likeness (QED) is 0.470. The molecule has 1 aliphatic rings. The van der Waals surface area contributed by atoms with E-state index in [0.717, 1.165) is 12.2 Å². The van der Waals surface area contributed by atoms with Crippen LogP contribution in [0.25, 0.3) is 22.5 Å². The van der Waals surface area contributed by atoms with Gasteiger partial charge in [0.05, 0.1) is 6.26 Å². The first-order chi connectivity index (χ1) is 8.93. The molecular weight excluding hydrogens is 220 g/mol. The molecule has 1 heterocycles. The summed E-state index contributed by atoms with van der Waals surface area (Å²) < 4.78 is 5.54. The molecule has 1 aliphatic carbocycles. The van der Waals surface area contributed by atoms with Gasteiger partial charge in [0.15, 0.2) is 0 Å². The van der Waals surface area contributed by atoms with E-state index in [1.807, 2.05) is 12.1 Å². The van der Waals surface area contributed by atoms with Crippen molar-refractivity contribution >= 4 is 0 Å². The summed E-state index contributed by atoms with van der Waals surface area (Å²) in [6.07, 6.45) is 2.74. The van der Waals surface area contributed by atoms with Gasteiger partial charge in [-0.2, -0.15) is 0 Å². The van der Waals surface area contributed by atoms with E-state index < -0.39 is 0 Å². The lowest BCUT2D eigenvalue weighted by atomic mass is 10.00. The topological polar surface area (TPSA) is 13.1 Å². The van der Waals surface area contributed by atoms with Crippen molar-refractivity contribution in [2.45, 2.75) is 6.42 Å². The van der Waals surface area contributed by atoms with Gasteiger partial charge >= 0.3 is 0 Å². The van der Waals surface area contributed by atoms with Gasteiger partial charge in [-0.1, -0.05) is 42.5 Å². The summed E-state index contributed by atoms with van der Waals surface area (Å²) in [7, 11) is 0. The molecule has 0 unspecified atom stereocenters. The summed E-state index contributed by atoms with van der Waals surface area (Å²) in [5, 5.41) is 0. The van der Waals surface area contributed by atoms with Crippen molar-refractivity contribution in [2.24, 2.45) is 0 Å². The molecule has 1 aromatic heterocycles. The Bertz CT molecular complexity index is 708. The van der Waals surface area contributed by atoms with Gasteiger partial charge in [-0.3, -0.25) is 0 Å². The molecule has 0 spiro atoms. The number of benzene rings is 2. The molecule has 0 amide bonds.